The molecule has 0 bridgehead atoms. The summed E-state index contributed by atoms with van der Waals surface area (Å²) in [6, 6.07) is 0. The second kappa shape index (κ2) is 42.7. The standard InChI is InChI=1S/C4H10O4.4HO2P/c5-1-3(7)4(8)2-6;4*1-3-2/h3-8H,1-2H2;4*3H/p+4. The lowest BCUT2D eigenvalue weighted by Crippen LogP contribution is -2.31. The number of aliphatic hydroxyl groups excluding tert-OH is 4. The van der Waals surface area contributed by atoms with E-state index in [0.29, 0.717) is 0 Å². The monoisotopic (exact) mass is 382 g/mol. The molecule has 8 N–H and O–H groups in total. The molecule has 0 amide bonds. The van der Waals surface area contributed by atoms with Crippen LogP contribution in [0.3, 0.4) is 0 Å². The number of hydrogen-bond donors (Lipinski definition) is 8. The van der Waals surface area contributed by atoms with Crippen molar-refractivity contribution in [1.29, 1.82) is 0 Å². The van der Waals surface area contributed by atoms with E-state index in [1.165, 1.54) is 0 Å². The number of aliphatic hydroxyl groups is 4. The third-order valence-electron chi connectivity index (χ3n) is 0.818. The second-order valence-corrected chi connectivity index (χ2v) is 2.60. The minimum absolute atomic E-state index is 0.526. The molecule has 0 spiro atoms. The molecule has 0 aromatic carbocycles. The summed E-state index contributed by atoms with van der Waals surface area (Å²) in [7, 11) is -4.67. The molecule has 0 saturated carbocycles. The molecule has 20 heavy (non-hydrogen) atoms. The molecular weight excluding hydrogens is 364 g/mol. The van der Waals surface area contributed by atoms with Crippen LogP contribution in [0.25, 0.3) is 0 Å². The van der Waals surface area contributed by atoms with Crippen molar-refractivity contribution in [3.05, 3.63) is 0 Å². The molecule has 122 valence electrons. The maximum absolute atomic E-state index is 8.51. The minimum atomic E-state index is -1.22. The average molecular weight is 382 g/mol. The Bertz CT molecular complexity index is 160. The van der Waals surface area contributed by atoms with Gasteiger partial charge < -0.3 is 20.4 Å². The molecule has 0 aromatic heterocycles. The minimum Gasteiger partial charge on any atom is -0.394 e. The third kappa shape index (κ3) is 80.8. The van der Waals surface area contributed by atoms with Crippen LogP contribution in [0.1, 0.15) is 0 Å². The molecule has 0 rings (SSSR count). The summed E-state index contributed by atoms with van der Waals surface area (Å²) in [5.41, 5.74) is 0. The highest BCUT2D eigenvalue weighted by Gasteiger charge is 2.12. The summed E-state index contributed by atoms with van der Waals surface area (Å²) in [4.78, 5) is 28.2. The topological polar surface area (TPSA) is 230 Å². The van der Waals surface area contributed by atoms with Crippen LogP contribution < -0.4 is 0 Å². The van der Waals surface area contributed by atoms with Crippen molar-refractivity contribution in [1.82, 2.24) is 0 Å². The van der Waals surface area contributed by atoms with Crippen molar-refractivity contribution < 1.29 is 58.3 Å². The second-order valence-electron chi connectivity index (χ2n) is 1.86. The van der Waals surface area contributed by atoms with Crippen LogP contribution in [0, 0.1) is 0 Å². The molecule has 0 aliphatic heterocycles. The van der Waals surface area contributed by atoms with E-state index in [1.807, 2.05) is 0 Å². The zero-order chi connectivity index (χ0) is 17.4. The van der Waals surface area contributed by atoms with Crippen molar-refractivity contribution in [2.75, 3.05) is 13.2 Å². The van der Waals surface area contributed by atoms with E-state index in [1.54, 1.807) is 0 Å². The predicted octanol–water partition coefficient (Wildman–Crippen LogP) is -2.64. The molecule has 0 aromatic rings. The van der Waals surface area contributed by atoms with E-state index in [4.69, 9.17) is 58.3 Å². The highest BCUT2D eigenvalue weighted by atomic mass is 31.1. The van der Waals surface area contributed by atoms with Crippen molar-refractivity contribution in [3.63, 3.8) is 0 Å². The van der Waals surface area contributed by atoms with Gasteiger partial charge in [-0.2, -0.15) is 19.6 Å². The van der Waals surface area contributed by atoms with Gasteiger partial charge in [-0.3, -0.25) is 0 Å². The summed E-state index contributed by atoms with van der Waals surface area (Å²) >= 11 is 0. The first-order chi connectivity index (χ1) is 9.38. The fourth-order valence-corrected chi connectivity index (χ4v) is 0.243. The van der Waals surface area contributed by atoms with Gasteiger partial charge in [-0.15, -0.1) is 0 Å². The summed E-state index contributed by atoms with van der Waals surface area (Å²) in [6.07, 6.45) is -2.44. The van der Waals surface area contributed by atoms with Crippen molar-refractivity contribution >= 4 is 34.7 Å². The van der Waals surface area contributed by atoms with E-state index in [0.717, 1.165) is 0 Å². The zero-order valence-corrected chi connectivity index (χ0v) is 13.8. The zero-order valence-electron chi connectivity index (χ0n) is 9.78. The van der Waals surface area contributed by atoms with Crippen LogP contribution >= 0.6 is 34.7 Å². The van der Waals surface area contributed by atoms with Crippen LogP contribution in [0.4, 0.5) is 0 Å². The van der Waals surface area contributed by atoms with Gasteiger partial charge in [0.25, 0.3) is 0 Å². The van der Waals surface area contributed by atoms with E-state index < -0.39 is 60.2 Å². The summed E-state index contributed by atoms with van der Waals surface area (Å²) in [5.74, 6) is 0. The predicted molar refractivity (Wildman–Crippen MR) is 71.1 cm³/mol. The van der Waals surface area contributed by atoms with Gasteiger partial charge in [0.15, 0.2) is 0 Å². The van der Waals surface area contributed by atoms with Gasteiger partial charge in [-0.05, 0) is 18.3 Å². The van der Waals surface area contributed by atoms with Crippen molar-refractivity contribution in [2.24, 2.45) is 0 Å². The van der Waals surface area contributed by atoms with E-state index >= 15 is 0 Å². The molecule has 0 heterocycles. The Hall–Kier alpha value is 0.0800. The van der Waals surface area contributed by atoms with Crippen molar-refractivity contribution in [2.45, 2.75) is 12.2 Å². The smallest absolute Gasteiger partial charge is 0.394 e. The molecule has 0 fully saturated rings. The van der Waals surface area contributed by atoms with Gasteiger partial charge in [0, 0.05) is 0 Å². The Morgan fingerprint density at radius 1 is 0.600 bits per heavy atom. The molecule has 16 heteroatoms. The molecule has 0 radical (unpaired) electrons. The average Bonchev–Trinajstić information content (AvgIpc) is 2.40. The molecule has 0 aliphatic carbocycles. The lowest BCUT2D eigenvalue weighted by atomic mass is 10.2. The third-order valence-corrected chi connectivity index (χ3v) is 0.818. The molecule has 0 aliphatic rings. The largest absolute Gasteiger partial charge is 0.491 e. The summed E-state index contributed by atoms with van der Waals surface area (Å²) in [5, 5.41) is 33.2. The van der Waals surface area contributed by atoms with Crippen molar-refractivity contribution in [3.8, 4) is 0 Å². The Labute approximate surface area is 119 Å². The first-order valence-electron chi connectivity index (χ1n) is 4.01. The Balaban J connectivity index is -0.0000000527. The maximum atomic E-state index is 8.51. The normalized spacial score (nSPS) is 11.4. The highest BCUT2D eigenvalue weighted by Crippen LogP contribution is 1.88. The fraction of sp³-hybridized carbons (Fsp3) is 1.00. The highest BCUT2D eigenvalue weighted by molar-refractivity contribution is 7.16. The Morgan fingerprint density at radius 2 is 0.700 bits per heavy atom. The molecule has 0 saturated heterocycles. The summed E-state index contributed by atoms with van der Waals surface area (Å²) < 4.78 is 34.1. The van der Waals surface area contributed by atoms with Gasteiger partial charge >= 0.3 is 34.7 Å². The van der Waals surface area contributed by atoms with Crippen LogP contribution in [0.2, 0.25) is 0 Å². The van der Waals surface area contributed by atoms with E-state index in [-0.39, 0.29) is 0 Å². The Kier molecular flexibility index (Phi) is 68.7. The molecular formula is C4H18O12P4+4. The van der Waals surface area contributed by atoms with Gasteiger partial charge in [0.05, 0.1) is 13.2 Å². The number of hydrogen-bond acceptors (Lipinski definition) is 8. The molecule has 12 nitrogen and oxygen atoms in total. The fourth-order valence-electron chi connectivity index (χ4n) is 0.243. The van der Waals surface area contributed by atoms with Gasteiger partial charge in [-0.25, -0.2) is 0 Å². The van der Waals surface area contributed by atoms with Crippen LogP contribution in [-0.2, 0) is 18.3 Å². The quantitative estimate of drug-likeness (QED) is 0.234. The van der Waals surface area contributed by atoms with E-state index in [9.17, 15) is 0 Å². The van der Waals surface area contributed by atoms with Crippen LogP contribution in [0.15, 0.2) is 0 Å². The lowest BCUT2D eigenvalue weighted by Gasteiger charge is -2.10. The summed E-state index contributed by atoms with van der Waals surface area (Å²) in [6.45, 7) is -1.05. The van der Waals surface area contributed by atoms with Gasteiger partial charge in [0.2, 0.25) is 0 Å². The molecule has 6 atom stereocenters. The van der Waals surface area contributed by atoms with Gasteiger partial charge in [-0.1, -0.05) is 0 Å². The maximum Gasteiger partial charge on any atom is 0.491 e. The first-order valence-corrected chi connectivity index (χ1v) is 7.43. The SMILES string of the molecule is O=[PH+]O.O=[PH+]O.O=[PH+]O.O=[PH+]O.OCC(O)C(O)CO. The van der Waals surface area contributed by atoms with Gasteiger partial charge in [0.1, 0.15) is 12.2 Å². The van der Waals surface area contributed by atoms with E-state index in [2.05, 4.69) is 0 Å². The number of rotatable bonds is 3. The Morgan fingerprint density at radius 3 is 0.750 bits per heavy atom. The first kappa shape index (κ1) is 32.1. The molecule has 6 unspecified atom stereocenters. The van der Waals surface area contributed by atoms with Crippen LogP contribution in [0.5, 0.6) is 0 Å². The van der Waals surface area contributed by atoms with Crippen LogP contribution in [-0.4, -0.2) is 65.4 Å². The lowest BCUT2D eigenvalue weighted by molar-refractivity contribution is -0.0388.